The van der Waals surface area contributed by atoms with Crippen LogP contribution in [0.2, 0.25) is 0 Å². The maximum atomic E-state index is 12.5. The number of alkyl carbamates (subject to hydrolysis) is 1. The van der Waals surface area contributed by atoms with Gasteiger partial charge in [0.2, 0.25) is 0 Å². The van der Waals surface area contributed by atoms with E-state index in [4.69, 9.17) is 9.72 Å². The number of aromatic nitrogens is 1. The molecule has 0 bridgehead atoms. The van der Waals surface area contributed by atoms with Gasteiger partial charge in [-0.05, 0) is 62.4 Å². The molecule has 7 heteroatoms. The van der Waals surface area contributed by atoms with Crippen molar-refractivity contribution in [1.29, 1.82) is 0 Å². The molecule has 0 unspecified atom stereocenters. The van der Waals surface area contributed by atoms with Crippen LogP contribution < -0.4 is 10.6 Å². The fourth-order valence-corrected chi connectivity index (χ4v) is 4.03. The Bertz CT molecular complexity index is 1110. The van der Waals surface area contributed by atoms with Crippen molar-refractivity contribution in [2.75, 3.05) is 13.1 Å². The summed E-state index contributed by atoms with van der Waals surface area (Å²) in [4.78, 5) is 30.4. The minimum atomic E-state index is -0.521. The number of carbonyl (C=O) groups is 2. The van der Waals surface area contributed by atoms with E-state index in [1.54, 1.807) is 0 Å². The van der Waals surface area contributed by atoms with E-state index >= 15 is 0 Å². The van der Waals surface area contributed by atoms with Crippen molar-refractivity contribution in [3.8, 4) is 0 Å². The lowest BCUT2D eigenvalue weighted by molar-refractivity contribution is 0.0527. The summed E-state index contributed by atoms with van der Waals surface area (Å²) in [7, 11) is 0. The first kappa shape index (κ1) is 23.0. The highest BCUT2D eigenvalue weighted by molar-refractivity contribution is 7.20. The van der Waals surface area contributed by atoms with E-state index in [9.17, 15) is 9.59 Å². The molecule has 2 amide bonds. The van der Waals surface area contributed by atoms with Gasteiger partial charge in [0.1, 0.15) is 10.4 Å². The fourth-order valence-electron chi connectivity index (χ4n) is 3.10. The van der Waals surface area contributed by atoms with Gasteiger partial charge in [-0.15, -0.1) is 11.3 Å². The van der Waals surface area contributed by atoms with Crippen molar-refractivity contribution in [3.63, 3.8) is 0 Å². The second-order valence-electron chi connectivity index (χ2n) is 9.69. The molecular formula is C24H31N3O3S. The number of benzene rings is 1. The third kappa shape index (κ3) is 6.17. The summed E-state index contributed by atoms with van der Waals surface area (Å²) in [5.41, 5.74) is 1.74. The van der Waals surface area contributed by atoms with Gasteiger partial charge in [-0.25, -0.2) is 9.78 Å². The topological polar surface area (TPSA) is 80.3 Å². The second-order valence-corrected chi connectivity index (χ2v) is 10.7. The number of fused-ring (bicyclic) bond motifs is 2. The zero-order chi connectivity index (χ0) is 22.8. The quantitative estimate of drug-likeness (QED) is 0.520. The number of pyridine rings is 1. The number of ether oxygens (including phenoxy) is 1. The fraction of sp³-hybridized carbons (Fsp3) is 0.458. The largest absolute Gasteiger partial charge is 0.444 e. The zero-order valence-electron chi connectivity index (χ0n) is 19.1. The maximum absolute atomic E-state index is 12.5. The Morgan fingerprint density at radius 3 is 2.35 bits per heavy atom. The molecule has 1 aromatic carbocycles. The molecule has 31 heavy (non-hydrogen) atoms. The van der Waals surface area contributed by atoms with Gasteiger partial charge in [-0.1, -0.05) is 26.8 Å². The van der Waals surface area contributed by atoms with E-state index in [1.807, 2.05) is 32.9 Å². The van der Waals surface area contributed by atoms with Gasteiger partial charge in [0.05, 0.1) is 10.4 Å². The van der Waals surface area contributed by atoms with Crippen LogP contribution in [0.5, 0.6) is 0 Å². The monoisotopic (exact) mass is 441 g/mol. The summed E-state index contributed by atoms with van der Waals surface area (Å²) in [5.74, 6) is -0.125. The van der Waals surface area contributed by atoms with Crippen molar-refractivity contribution in [2.24, 2.45) is 0 Å². The third-order valence-electron chi connectivity index (χ3n) is 4.70. The number of thiophene rings is 1. The number of nitrogens with one attached hydrogen (secondary N) is 2. The van der Waals surface area contributed by atoms with Crippen LogP contribution in [0.15, 0.2) is 30.3 Å². The molecule has 0 fully saturated rings. The number of nitrogens with zero attached hydrogens (tertiary/aromatic N) is 1. The van der Waals surface area contributed by atoms with Crippen LogP contribution in [-0.4, -0.2) is 35.7 Å². The average Bonchev–Trinajstić information content (AvgIpc) is 3.06. The van der Waals surface area contributed by atoms with Gasteiger partial charge in [-0.3, -0.25) is 4.79 Å². The Morgan fingerprint density at radius 1 is 0.968 bits per heavy atom. The van der Waals surface area contributed by atoms with Gasteiger partial charge < -0.3 is 15.4 Å². The van der Waals surface area contributed by atoms with E-state index in [0.29, 0.717) is 24.4 Å². The van der Waals surface area contributed by atoms with Gasteiger partial charge in [-0.2, -0.15) is 0 Å². The lowest BCUT2D eigenvalue weighted by atomic mass is 9.86. The van der Waals surface area contributed by atoms with E-state index in [0.717, 1.165) is 21.1 Å². The van der Waals surface area contributed by atoms with Crippen molar-refractivity contribution in [3.05, 3.63) is 40.8 Å². The first-order valence-electron chi connectivity index (χ1n) is 10.5. The number of carbonyl (C=O) groups excluding carboxylic acids is 2. The van der Waals surface area contributed by atoms with Gasteiger partial charge in [0.15, 0.2) is 0 Å². The Hall–Kier alpha value is -2.67. The van der Waals surface area contributed by atoms with Crippen LogP contribution in [0.1, 0.15) is 63.2 Å². The van der Waals surface area contributed by atoms with Crippen LogP contribution in [-0.2, 0) is 10.2 Å². The maximum Gasteiger partial charge on any atom is 0.407 e. The molecule has 0 spiro atoms. The Kier molecular flexibility index (Phi) is 6.55. The van der Waals surface area contributed by atoms with E-state index in [1.165, 1.54) is 16.9 Å². The molecule has 0 saturated heterocycles. The molecule has 0 saturated carbocycles. The van der Waals surface area contributed by atoms with Crippen LogP contribution in [0.4, 0.5) is 4.79 Å². The lowest BCUT2D eigenvalue weighted by Crippen LogP contribution is -2.34. The zero-order valence-corrected chi connectivity index (χ0v) is 19.9. The number of rotatable bonds is 5. The Morgan fingerprint density at radius 2 is 1.68 bits per heavy atom. The standard InChI is InChI=1S/C24H31N3O3S/c1-23(2,3)17-8-9-18-15(13-17)12-16-14-19(31-21(16)27-18)20(28)25-10-7-11-26-22(29)30-24(4,5)6/h8-9,12-14H,7,10-11H2,1-6H3,(H,25,28)(H,26,29). The predicted molar refractivity (Wildman–Crippen MR) is 127 cm³/mol. The Labute approximate surface area is 187 Å². The summed E-state index contributed by atoms with van der Waals surface area (Å²) in [6.07, 6.45) is 0.171. The van der Waals surface area contributed by atoms with Gasteiger partial charge in [0.25, 0.3) is 5.91 Å². The highest BCUT2D eigenvalue weighted by Crippen LogP contribution is 2.30. The first-order chi connectivity index (χ1) is 14.4. The van der Waals surface area contributed by atoms with E-state index in [2.05, 4.69) is 49.6 Å². The molecular weight excluding hydrogens is 410 g/mol. The summed E-state index contributed by atoms with van der Waals surface area (Å²) in [6.45, 7) is 12.9. The Balaban J connectivity index is 1.60. The van der Waals surface area contributed by atoms with Crippen LogP contribution in [0, 0.1) is 0 Å². The molecule has 3 rings (SSSR count). The number of hydrogen-bond donors (Lipinski definition) is 2. The summed E-state index contributed by atoms with van der Waals surface area (Å²) in [6, 6.07) is 10.3. The second kappa shape index (κ2) is 8.83. The molecule has 0 aliphatic heterocycles. The third-order valence-corrected chi connectivity index (χ3v) is 5.74. The molecule has 6 nitrogen and oxygen atoms in total. The van der Waals surface area contributed by atoms with Crippen molar-refractivity contribution in [1.82, 2.24) is 15.6 Å². The predicted octanol–water partition coefficient (Wildman–Crippen LogP) is 5.39. The van der Waals surface area contributed by atoms with Gasteiger partial charge in [0, 0.05) is 23.9 Å². The molecule has 0 aliphatic carbocycles. The molecule has 2 aromatic heterocycles. The summed E-state index contributed by atoms with van der Waals surface area (Å²) in [5, 5.41) is 7.65. The van der Waals surface area contributed by atoms with E-state index < -0.39 is 11.7 Å². The average molecular weight is 442 g/mol. The lowest BCUT2D eigenvalue weighted by Gasteiger charge is -2.19. The van der Waals surface area contributed by atoms with Crippen LogP contribution in [0.25, 0.3) is 21.1 Å². The molecule has 2 N–H and O–H groups in total. The highest BCUT2D eigenvalue weighted by Gasteiger charge is 2.17. The molecule has 0 aliphatic rings. The smallest absolute Gasteiger partial charge is 0.407 e. The van der Waals surface area contributed by atoms with Crippen molar-refractivity contribution in [2.45, 2.75) is 59.0 Å². The minimum absolute atomic E-state index is 0.0706. The molecule has 2 heterocycles. The molecule has 0 atom stereocenters. The highest BCUT2D eigenvalue weighted by atomic mass is 32.1. The van der Waals surface area contributed by atoms with Crippen molar-refractivity contribution < 1.29 is 14.3 Å². The summed E-state index contributed by atoms with van der Waals surface area (Å²) >= 11 is 1.39. The number of hydrogen-bond acceptors (Lipinski definition) is 5. The molecule has 166 valence electrons. The number of amides is 2. The normalized spacial score (nSPS) is 12.2. The van der Waals surface area contributed by atoms with Crippen molar-refractivity contribution >= 4 is 44.5 Å². The molecule has 0 radical (unpaired) electrons. The SMILES string of the molecule is CC(C)(C)OC(=O)NCCCNC(=O)c1cc2cc3cc(C(C)(C)C)ccc3nc2s1. The van der Waals surface area contributed by atoms with Crippen LogP contribution in [0.3, 0.4) is 0 Å². The van der Waals surface area contributed by atoms with Gasteiger partial charge >= 0.3 is 6.09 Å². The van der Waals surface area contributed by atoms with Crippen LogP contribution >= 0.6 is 11.3 Å². The minimum Gasteiger partial charge on any atom is -0.444 e. The first-order valence-corrected chi connectivity index (χ1v) is 11.3. The summed E-state index contributed by atoms with van der Waals surface area (Å²) < 4.78 is 5.18. The van der Waals surface area contributed by atoms with E-state index in [-0.39, 0.29) is 11.3 Å². The molecule has 3 aromatic rings.